The largest absolute Gasteiger partial charge is 0.355 e. The third kappa shape index (κ3) is 6.60. The van der Waals surface area contributed by atoms with Crippen molar-refractivity contribution in [2.75, 3.05) is 12.3 Å². The van der Waals surface area contributed by atoms with Crippen molar-refractivity contribution < 1.29 is 14.0 Å². The van der Waals surface area contributed by atoms with Crippen molar-refractivity contribution in [3.05, 3.63) is 71.0 Å². The van der Waals surface area contributed by atoms with E-state index < -0.39 is 6.04 Å². The summed E-state index contributed by atoms with van der Waals surface area (Å²) in [6.07, 6.45) is 0.529. The Hall–Kier alpha value is -2.34. The first-order chi connectivity index (χ1) is 14.0. The summed E-state index contributed by atoms with van der Waals surface area (Å²) >= 11 is 1.36. The Bertz CT molecular complexity index is 828. The van der Waals surface area contributed by atoms with Crippen LogP contribution in [-0.2, 0) is 21.9 Å². The lowest BCUT2D eigenvalue weighted by molar-refractivity contribution is -0.139. The van der Waals surface area contributed by atoms with Crippen LogP contribution in [0.3, 0.4) is 0 Å². The average Bonchev–Trinajstić information content (AvgIpc) is 2.70. The molecule has 0 fully saturated rings. The predicted octanol–water partition coefficient (Wildman–Crippen LogP) is 4.31. The summed E-state index contributed by atoms with van der Waals surface area (Å²) in [7, 11) is 0. The molecule has 0 saturated carbocycles. The number of carbonyl (C=O) groups excluding carboxylic acids is 2. The second-order valence-electron chi connectivity index (χ2n) is 6.85. The number of halogens is 1. The molecule has 2 rings (SSSR count). The third-order valence-electron chi connectivity index (χ3n) is 4.78. The number of hydrogen-bond donors (Lipinski definition) is 1. The van der Waals surface area contributed by atoms with Gasteiger partial charge in [-0.2, -0.15) is 0 Å². The molecule has 0 spiro atoms. The van der Waals surface area contributed by atoms with Gasteiger partial charge < -0.3 is 10.2 Å². The predicted molar refractivity (Wildman–Crippen MR) is 117 cm³/mol. The molecule has 2 aromatic carbocycles. The van der Waals surface area contributed by atoms with Crippen molar-refractivity contribution >= 4 is 23.6 Å². The molecular formula is C23H29FN2O2S. The number of benzene rings is 2. The first-order valence-corrected chi connectivity index (χ1v) is 11.1. The van der Waals surface area contributed by atoms with Crippen LogP contribution in [0, 0.1) is 12.7 Å². The van der Waals surface area contributed by atoms with Crippen LogP contribution in [0.5, 0.6) is 0 Å². The topological polar surface area (TPSA) is 49.4 Å². The monoisotopic (exact) mass is 416 g/mol. The summed E-state index contributed by atoms with van der Waals surface area (Å²) in [5.41, 5.74) is 2.67. The maximum absolute atomic E-state index is 13.8. The minimum atomic E-state index is -0.531. The lowest BCUT2D eigenvalue weighted by Gasteiger charge is -2.31. The summed E-state index contributed by atoms with van der Waals surface area (Å²) in [6.45, 7) is 6.66. The zero-order valence-corrected chi connectivity index (χ0v) is 18.1. The molecule has 4 nitrogen and oxygen atoms in total. The molecule has 2 amide bonds. The fourth-order valence-corrected chi connectivity index (χ4v) is 4.03. The van der Waals surface area contributed by atoms with Crippen molar-refractivity contribution in [2.45, 2.75) is 45.5 Å². The van der Waals surface area contributed by atoms with Crippen LogP contribution >= 0.6 is 11.8 Å². The lowest BCUT2D eigenvalue weighted by Crippen LogP contribution is -2.49. The summed E-state index contributed by atoms with van der Waals surface area (Å²) in [5, 5.41) is 2.83. The molecule has 0 aromatic heterocycles. The zero-order chi connectivity index (χ0) is 21.2. The van der Waals surface area contributed by atoms with Crippen LogP contribution < -0.4 is 5.32 Å². The van der Waals surface area contributed by atoms with Gasteiger partial charge in [-0.05, 0) is 43.0 Å². The Morgan fingerprint density at radius 3 is 2.34 bits per heavy atom. The van der Waals surface area contributed by atoms with Gasteiger partial charge in [-0.3, -0.25) is 9.59 Å². The standard InChI is InChI=1S/C23H29FN2O2S/c1-4-21(23(28)25-5-2)26(14-18-11-7-6-10-17(18)3)22(27)16-29-15-19-12-8-9-13-20(19)24/h6-13,21H,4-5,14-16H2,1-3H3,(H,25,28)/t21-/m1/s1. The van der Waals surface area contributed by atoms with Crippen LogP contribution in [0.1, 0.15) is 37.0 Å². The van der Waals surface area contributed by atoms with Crippen LogP contribution in [0.2, 0.25) is 0 Å². The van der Waals surface area contributed by atoms with Gasteiger partial charge in [0.15, 0.2) is 0 Å². The minimum absolute atomic E-state index is 0.118. The normalized spacial score (nSPS) is 11.7. The SMILES string of the molecule is CCNC(=O)[C@@H](CC)N(Cc1ccccc1C)C(=O)CSCc1ccccc1F. The summed E-state index contributed by atoms with van der Waals surface area (Å²) < 4.78 is 13.8. The molecule has 0 unspecified atom stereocenters. The maximum Gasteiger partial charge on any atom is 0.242 e. The molecule has 0 aliphatic heterocycles. The molecular weight excluding hydrogens is 387 g/mol. The average molecular weight is 417 g/mol. The van der Waals surface area contributed by atoms with Crippen LogP contribution in [0.25, 0.3) is 0 Å². The second-order valence-corrected chi connectivity index (χ2v) is 7.84. The minimum Gasteiger partial charge on any atom is -0.355 e. The van der Waals surface area contributed by atoms with Gasteiger partial charge in [0.1, 0.15) is 11.9 Å². The van der Waals surface area contributed by atoms with E-state index in [1.54, 1.807) is 23.1 Å². The molecule has 0 saturated heterocycles. The van der Waals surface area contributed by atoms with Gasteiger partial charge in [0, 0.05) is 18.8 Å². The Labute approximate surface area is 176 Å². The highest BCUT2D eigenvalue weighted by Gasteiger charge is 2.28. The molecule has 0 aliphatic carbocycles. The third-order valence-corrected chi connectivity index (χ3v) is 5.75. The van der Waals surface area contributed by atoms with Crippen molar-refractivity contribution in [3.63, 3.8) is 0 Å². The molecule has 0 aliphatic rings. The highest BCUT2D eigenvalue weighted by molar-refractivity contribution is 7.99. The van der Waals surface area contributed by atoms with Gasteiger partial charge >= 0.3 is 0 Å². The number of hydrogen-bond acceptors (Lipinski definition) is 3. The molecule has 0 radical (unpaired) electrons. The Morgan fingerprint density at radius 2 is 1.72 bits per heavy atom. The molecule has 0 bridgehead atoms. The Kier molecular flexibility index (Phi) is 9.19. The van der Waals surface area contributed by atoms with Gasteiger partial charge in [0.25, 0.3) is 0 Å². The summed E-state index contributed by atoms with van der Waals surface area (Å²) in [6, 6.07) is 13.9. The van der Waals surface area contributed by atoms with E-state index in [2.05, 4.69) is 5.32 Å². The molecule has 2 aromatic rings. The second kappa shape index (κ2) is 11.6. The fourth-order valence-electron chi connectivity index (χ4n) is 3.13. The Balaban J connectivity index is 2.14. The van der Waals surface area contributed by atoms with E-state index in [0.717, 1.165) is 11.1 Å². The van der Waals surface area contributed by atoms with E-state index in [1.165, 1.54) is 17.8 Å². The van der Waals surface area contributed by atoms with Gasteiger partial charge in [-0.25, -0.2) is 4.39 Å². The van der Waals surface area contributed by atoms with Gasteiger partial charge in [0.2, 0.25) is 11.8 Å². The lowest BCUT2D eigenvalue weighted by atomic mass is 10.1. The number of likely N-dealkylation sites (N-methyl/N-ethyl adjacent to an activating group) is 1. The maximum atomic E-state index is 13.8. The first-order valence-electron chi connectivity index (χ1n) is 9.90. The highest BCUT2D eigenvalue weighted by Crippen LogP contribution is 2.19. The number of aryl methyl sites for hydroxylation is 1. The number of nitrogens with one attached hydrogen (secondary N) is 1. The molecule has 0 heterocycles. The van der Waals surface area contributed by atoms with Gasteiger partial charge in [0.05, 0.1) is 5.75 Å². The van der Waals surface area contributed by atoms with Crippen LogP contribution in [0.4, 0.5) is 4.39 Å². The number of nitrogens with zero attached hydrogens (tertiary/aromatic N) is 1. The number of amides is 2. The number of thioether (sulfide) groups is 1. The molecule has 6 heteroatoms. The van der Waals surface area contributed by atoms with Crippen molar-refractivity contribution in [2.24, 2.45) is 0 Å². The van der Waals surface area contributed by atoms with Crippen molar-refractivity contribution in [3.8, 4) is 0 Å². The fraction of sp³-hybridized carbons (Fsp3) is 0.391. The van der Waals surface area contributed by atoms with Crippen LogP contribution in [-0.4, -0.2) is 35.1 Å². The molecule has 1 atom stereocenters. The first kappa shape index (κ1) is 22.9. The van der Waals surface area contributed by atoms with Crippen LogP contribution in [0.15, 0.2) is 48.5 Å². The quantitative estimate of drug-likeness (QED) is 0.628. The van der Waals surface area contributed by atoms with E-state index in [0.29, 0.717) is 30.8 Å². The molecule has 1 N–H and O–H groups in total. The van der Waals surface area contributed by atoms with E-state index >= 15 is 0 Å². The zero-order valence-electron chi connectivity index (χ0n) is 17.3. The number of carbonyl (C=O) groups is 2. The van der Waals surface area contributed by atoms with E-state index in [-0.39, 0.29) is 23.4 Å². The van der Waals surface area contributed by atoms with E-state index in [1.807, 2.05) is 45.0 Å². The van der Waals surface area contributed by atoms with Gasteiger partial charge in [-0.1, -0.05) is 49.4 Å². The van der Waals surface area contributed by atoms with Crippen molar-refractivity contribution in [1.82, 2.24) is 10.2 Å². The summed E-state index contributed by atoms with van der Waals surface area (Å²) in [5.74, 6) is 0.0757. The Morgan fingerprint density at radius 1 is 1.07 bits per heavy atom. The molecule has 29 heavy (non-hydrogen) atoms. The van der Waals surface area contributed by atoms with E-state index in [4.69, 9.17) is 0 Å². The smallest absolute Gasteiger partial charge is 0.242 e. The highest BCUT2D eigenvalue weighted by atomic mass is 32.2. The summed E-state index contributed by atoms with van der Waals surface area (Å²) in [4.78, 5) is 27.3. The van der Waals surface area contributed by atoms with E-state index in [9.17, 15) is 14.0 Å². The van der Waals surface area contributed by atoms with Crippen molar-refractivity contribution in [1.29, 1.82) is 0 Å². The van der Waals surface area contributed by atoms with Gasteiger partial charge in [-0.15, -0.1) is 11.8 Å². The molecule has 156 valence electrons. The number of rotatable bonds is 10.